The van der Waals surface area contributed by atoms with Crippen molar-refractivity contribution in [2.45, 2.75) is 148 Å². The van der Waals surface area contributed by atoms with Crippen molar-refractivity contribution in [2.24, 2.45) is 23.7 Å². The van der Waals surface area contributed by atoms with Crippen molar-refractivity contribution in [3.63, 3.8) is 0 Å². The Hall–Kier alpha value is -2.34. The minimum Gasteiger partial charge on any atom is -0.462 e. The number of fused-ring (bicyclic) bond motifs is 2. The van der Waals surface area contributed by atoms with Crippen molar-refractivity contribution in [1.82, 2.24) is 0 Å². The number of rotatable bonds is 6. The normalized spacial score (nSPS) is 44.8. The summed E-state index contributed by atoms with van der Waals surface area (Å²) in [7, 11) is 1.57. The summed E-state index contributed by atoms with van der Waals surface area (Å²) < 4.78 is 37.4. The summed E-state index contributed by atoms with van der Waals surface area (Å²) in [6, 6.07) is 0. The van der Waals surface area contributed by atoms with E-state index in [1.54, 1.807) is 13.2 Å². The van der Waals surface area contributed by atoms with Gasteiger partial charge in [-0.2, -0.15) is 0 Å². The van der Waals surface area contributed by atoms with Gasteiger partial charge in [0.05, 0.1) is 24.7 Å². The SMILES string of the molecule is CCCCC(C)C(=O)O[C@@H]1[C@H](C)[C@@H](C)O[C@@]2(C[C@@H]3C[C@@H](C/C=C(\C)C[C@@H](C)/C=C/C=C4\CO[C@@H]5[C@H](OC)C(C)=C[C@@H](C(=O)O3)[C@]45O)O2)[C@H]1O. The van der Waals surface area contributed by atoms with Crippen molar-refractivity contribution in [2.75, 3.05) is 13.7 Å². The fraction of sp³-hybridized carbons (Fsp3) is 0.744. The number of carbonyl (C=O) groups is 2. The molecule has 10 heteroatoms. The number of hydrogen-bond acceptors (Lipinski definition) is 10. The molecule has 0 radical (unpaired) electrons. The lowest BCUT2D eigenvalue weighted by Gasteiger charge is -2.53. The minimum absolute atomic E-state index is 0.0343. The number of aliphatic hydroxyl groups excluding tert-OH is 1. The lowest BCUT2D eigenvalue weighted by Crippen LogP contribution is -2.67. The molecule has 10 nitrogen and oxygen atoms in total. The van der Waals surface area contributed by atoms with Crippen LogP contribution < -0.4 is 0 Å². The van der Waals surface area contributed by atoms with Gasteiger partial charge in [0.2, 0.25) is 5.79 Å². The van der Waals surface area contributed by atoms with Crippen LogP contribution in [0.15, 0.2) is 47.1 Å². The Morgan fingerprint density at radius 3 is 2.63 bits per heavy atom. The minimum atomic E-state index is -1.68. The Morgan fingerprint density at radius 1 is 1.16 bits per heavy atom. The maximum absolute atomic E-state index is 14.3. The predicted octanol–water partition coefficient (Wildman–Crippen LogP) is 5.51. The standard InChI is InChI=1S/C39H58O10/c1-9-10-13-24(4)36(41)47-33-26(6)27(7)48-38(34(33)40)20-30-19-29(49-38)16-15-23(3)17-22(2)12-11-14-28-21-45-35-32(44-8)25(5)18-31(37(42)46-30)39(28,35)43/h11-12,14-15,18,22,24,26-27,29-35,40,43H,9-10,13,16-17,19-21H2,1-8H3/b12-11+,23-15+,28-14+/t22-,24?,26+,27+,29+,30-,31-,32+,33+,34-,35+,38+,39+/m0/s1. The molecule has 3 fully saturated rings. The Morgan fingerprint density at radius 2 is 1.92 bits per heavy atom. The van der Waals surface area contributed by atoms with Crippen LogP contribution in [0.4, 0.5) is 0 Å². The molecule has 5 aliphatic rings. The predicted molar refractivity (Wildman–Crippen MR) is 183 cm³/mol. The summed E-state index contributed by atoms with van der Waals surface area (Å²) in [5.41, 5.74) is 0.847. The molecule has 274 valence electrons. The molecule has 2 N–H and O–H groups in total. The zero-order valence-corrected chi connectivity index (χ0v) is 30.6. The summed E-state index contributed by atoms with van der Waals surface area (Å²) in [5, 5.41) is 24.4. The number of unbranched alkanes of at least 4 members (excludes halogenated alkanes) is 1. The summed E-state index contributed by atoms with van der Waals surface area (Å²) in [6.07, 6.45) is 8.91. The number of methoxy groups -OCH3 is 1. The molecule has 0 aromatic heterocycles. The third-order valence-corrected chi connectivity index (χ3v) is 11.4. The third kappa shape index (κ3) is 7.65. The van der Waals surface area contributed by atoms with Crippen LogP contribution in [0.1, 0.15) is 93.4 Å². The second kappa shape index (κ2) is 15.5. The maximum atomic E-state index is 14.3. The zero-order valence-electron chi connectivity index (χ0n) is 30.6. The van der Waals surface area contributed by atoms with Crippen molar-refractivity contribution in [3.8, 4) is 0 Å². The van der Waals surface area contributed by atoms with Crippen LogP contribution in [0, 0.1) is 23.7 Å². The monoisotopic (exact) mass is 686 g/mol. The van der Waals surface area contributed by atoms with Crippen LogP contribution in [-0.2, 0) is 38.0 Å². The van der Waals surface area contributed by atoms with Crippen LogP contribution in [0.5, 0.6) is 0 Å². The van der Waals surface area contributed by atoms with Crippen LogP contribution in [0.25, 0.3) is 0 Å². The van der Waals surface area contributed by atoms with Gasteiger partial charge in [0.1, 0.15) is 42.0 Å². The first-order chi connectivity index (χ1) is 23.2. The van der Waals surface area contributed by atoms with E-state index in [1.165, 1.54) is 5.57 Å². The van der Waals surface area contributed by atoms with Gasteiger partial charge in [-0.25, -0.2) is 0 Å². The van der Waals surface area contributed by atoms with Crippen LogP contribution in [0.3, 0.4) is 0 Å². The van der Waals surface area contributed by atoms with Crippen LogP contribution in [-0.4, -0.2) is 90.0 Å². The first-order valence-electron chi connectivity index (χ1n) is 18.3. The highest BCUT2D eigenvalue weighted by molar-refractivity contribution is 5.78. The summed E-state index contributed by atoms with van der Waals surface area (Å²) in [5.74, 6) is -4.00. The van der Waals surface area contributed by atoms with Gasteiger partial charge in [0.15, 0.2) is 0 Å². The molecule has 0 aromatic rings. The van der Waals surface area contributed by atoms with E-state index in [-0.39, 0.29) is 36.8 Å². The average Bonchev–Trinajstić information content (AvgIpc) is 3.39. The van der Waals surface area contributed by atoms with Crippen molar-refractivity contribution >= 4 is 11.9 Å². The Labute approximate surface area is 291 Å². The Kier molecular flexibility index (Phi) is 12.0. The quantitative estimate of drug-likeness (QED) is 0.273. The molecule has 2 bridgehead atoms. The maximum Gasteiger partial charge on any atom is 0.316 e. The summed E-state index contributed by atoms with van der Waals surface area (Å²) in [6.45, 7) is 13.9. The second-order valence-corrected chi connectivity index (χ2v) is 15.3. The van der Waals surface area contributed by atoms with Crippen molar-refractivity contribution in [1.29, 1.82) is 0 Å². The van der Waals surface area contributed by atoms with Gasteiger partial charge >= 0.3 is 11.9 Å². The zero-order chi connectivity index (χ0) is 35.7. The van der Waals surface area contributed by atoms with Gasteiger partial charge in [0.25, 0.3) is 0 Å². The molecule has 5 rings (SSSR count). The van der Waals surface area contributed by atoms with Gasteiger partial charge < -0.3 is 38.6 Å². The van der Waals surface area contributed by atoms with E-state index < -0.39 is 66.0 Å². The molecule has 0 aromatic carbocycles. The molecule has 13 atom stereocenters. The Bertz CT molecular complexity index is 1330. The molecule has 1 spiro atoms. The number of hydrogen-bond donors (Lipinski definition) is 2. The number of allylic oxidation sites excluding steroid dienone is 4. The topological polar surface area (TPSA) is 130 Å². The Balaban J connectivity index is 1.50. The highest BCUT2D eigenvalue weighted by Crippen LogP contribution is 2.48. The highest BCUT2D eigenvalue weighted by Gasteiger charge is 2.62. The van der Waals surface area contributed by atoms with Crippen molar-refractivity contribution in [3.05, 3.63) is 47.1 Å². The van der Waals surface area contributed by atoms with E-state index in [9.17, 15) is 19.8 Å². The lowest BCUT2D eigenvalue weighted by atomic mass is 9.70. The molecule has 1 unspecified atom stereocenters. The number of esters is 2. The number of ether oxygens (including phenoxy) is 6. The molecule has 4 heterocycles. The smallest absolute Gasteiger partial charge is 0.316 e. The first kappa shape index (κ1) is 37.9. The fourth-order valence-corrected chi connectivity index (χ4v) is 8.27. The molecule has 1 aliphatic carbocycles. The van der Waals surface area contributed by atoms with E-state index in [1.807, 2.05) is 39.8 Å². The molecule has 49 heavy (non-hydrogen) atoms. The van der Waals surface area contributed by atoms with E-state index in [0.29, 0.717) is 24.8 Å². The van der Waals surface area contributed by atoms with Crippen LogP contribution in [0.2, 0.25) is 0 Å². The van der Waals surface area contributed by atoms with E-state index in [2.05, 4.69) is 32.9 Å². The molecule has 0 saturated carbocycles. The first-order valence-corrected chi connectivity index (χ1v) is 18.3. The van der Waals surface area contributed by atoms with Crippen molar-refractivity contribution < 1.29 is 48.2 Å². The molecule has 4 aliphatic heterocycles. The fourth-order valence-electron chi connectivity index (χ4n) is 8.27. The number of carbonyl (C=O) groups excluding carboxylic acids is 2. The molecule has 0 amide bonds. The van der Waals surface area contributed by atoms with E-state index in [4.69, 9.17) is 28.4 Å². The summed E-state index contributed by atoms with van der Waals surface area (Å²) >= 11 is 0. The molecule has 3 saturated heterocycles. The van der Waals surface area contributed by atoms with Gasteiger partial charge in [-0.3, -0.25) is 9.59 Å². The van der Waals surface area contributed by atoms with E-state index in [0.717, 1.165) is 24.8 Å². The van der Waals surface area contributed by atoms with Crippen LogP contribution >= 0.6 is 0 Å². The number of aliphatic hydroxyl groups is 2. The molecular weight excluding hydrogens is 628 g/mol. The highest BCUT2D eigenvalue weighted by atomic mass is 16.7. The van der Waals surface area contributed by atoms with E-state index >= 15 is 0 Å². The molecular formula is C39H58O10. The summed E-state index contributed by atoms with van der Waals surface area (Å²) in [4.78, 5) is 27.5. The van der Waals surface area contributed by atoms with Gasteiger partial charge in [-0.15, -0.1) is 0 Å². The average molecular weight is 687 g/mol. The van der Waals surface area contributed by atoms with Gasteiger partial charge in [-0.1, -0.05) is 76.5 Å². The largest absolute Gasteiger partial charge is 0.462 e. The van der Waals surface area contributed by atoms with Gasteiger partial charge in [0, 0.05) is 25.9 Å². The van der Waals surface area contributed by atoms with Gasteiger partial charge in [-0.05, 0) is 57.1 Å². The lowest BCUT2D eigenvalue weighted by molar-refractivity contribution is -0.383. The third-order valence-electron chi connectivity index (χ3n) is 11.4. The second-order valence-electron chi connectivity index (χ2n) is 15.3.